The number of amides is 4. The monoisotopic (exact) mass is 305 g/mol. The van der Waals surface area contributed by atoms with Crippen LogP contribution in [0, 0.1) is 0 Å². The SMILES string of the molecule is O=C1NCCN1C(=O)NCC(c1ccsc1)n1cccn1. The van der Waals surface area contributed by atoms with Crippen molar-refractivity contribution < 1.29 is 9.59 Å². The molecule has 0 saturated carbocycles. The molecule has 0 spiro atoms. The average Bonchev–Trinajstić information content (AvgIpc) is 3.21. The second kappa shape index (κ2) is 5.96. The minimum atomic E-state index is -0.377. The summed E-state index contributed by atoms with van der Waals surface area (Å²) >= 11 is 1.60. The molecule has 21 heavy (non-hydrogen) atoms. The second-order valence-electron chi connectivity index (χ2n) is 4.63. The van der Waals surface area contributed by atoms with Gasteiger partial charge in [0.2, 0.25) is 0 Å². The van der Waals surface area contributed by atoms with Gasteiger partial charge in [-0.15, -0.1) is 0 Å². The molecule has 2 N–H and O–H groups in total. The Morgan fingerprint density at radius 2 is 2.48 bits per heavy atom. The highest BCUT2D eigenvalue weighted by Crippen LogP contribution is 2.19. The van der Waals surface area contributed by atoms with Gasteiger partial charge in [-0.3, -0.25) is 4.68 Å². The van der Waals surface area contributed by atoms with Crippen LogP contribution in [0.3, 0.4) is 0 Å². The van der Waals surface area contributed by atoms with Gasteiger partial charge < -0.3 is 10.6 Å². The van der Waals surface area contributed by atoms with Crippen molar-refractivity contribution in [3.8, 4) is 0 Å². The first kappa shape index (κ1) is 13.6. The quantitative estimate of drug-likeness (QED) is 0.893. The van der Waals surface area contributed by atoms with Crippen LogP contribution in [0.5, 0.6) is 0 Å². The number of nitrogens with zero attached hydrogens (tertiary/aromatic N) is 3. The lowest BCUT2D eigenvalue weighted by atomic mass is 10.1. The van der Waals surface area contributed by atoms with Crippen molar-refractivity contribution in [1.82, 2.24) is 25.3 Å². The normalized spacial score (nSPS) is 15.8. The summed E-state index contributed by atoms with van der Waals surface area (Å²) in [5.41, 5.74) is 1.08. The van der Waals surface area contributed by atoms with Crippen LogP contribution in [-0.2, 0) is 0 Å². The van der Waals surface area contributed by atoms with E-state index in [1.54, 1.807) is 22.2 Å². The van der Waals surface area contributed by atoms with Crippen LogP contribution in [0.25, 0.3) is 0 Å². The Balaban J connectivity index is 1.68. The Labute approximate surface area is 125 Å². The molecule has 0 radical (unpaired) electrons. The fourth-order valence-electron chi connectivity index (χ4n) is 2.24. The topological polar surface area (TPSA) is 79.3 Å². The van der Waals surface area contributed by atoms with Crippen LogP contribution in [-0.4, -0.2) is 46.4 Å². The molecule has 2 aromatic heterocycles. The van der Waals surface area contributed by atoms with Gasteiger partial charge in [-0.1, -0.05) is 0 Å². The summed E-state index contributed by atoms with van der Waals surface area (Å²) in [5.74, 6) is 0. The number of thiophene rings is 1. The van der Waals surface area contributed by atoms with E-state index in [1.807, 2.05) is 29.1 Å². The zero-order valence-corrected chi connectivity index (χ0v) is 12.0. The number of aromatic nitrogens is 2. The smallest absolute Gasteiger partial charge is 0.325 e. The van der Waals surface area contributed by atoms with Gasteiger partial charge in [-0.05, 0) is 28.5 Å². The van der Waals surface area contributed by atoms with Crippen molar-refractivity contribution in [2.45, 2.75) is 6.04 Å². The third-order valence-corrected chi connectivity index (χ3v) is 4.02. The molecule has 0 aliphatic carbocycles. The van der Waals surface area contributed by atoms with Crippen LogP contribution in [0.4, 0.5) is 9.59 Å². The molecule has 0 aromatic carbocycles. The van der Waals surface area contributed by atoms with E-state index in [0.29, 0.717) is 19.6 Å². The molecule has 1 aliphatic rings. The Hall–Kier alpha value is -2.35. The molecule has 3 rings (SSSR count). The van der Waals surface area contributed by atoms with Gasteiger partial charge >= 0.3 is 12.1 Å². The number of carbonyl (C=O) groups excluding carboxylic acids is 2. The maximum absolute atomic E-state index is 12.0. The molecule has 3 heterocycles. The van der Waals surface area contributed by atoms with Crippen molar-refractivity contribution in [3.05, 3.63) is 40.8 Å². The number of hydrogen-bond acceptors (Lipinski definition) is 4. The van der Waals surface area contributed by atoms with E-state index in [4.69, 9.17) is 0 Å². The molecule has 1 fully saturated rings. The summed E-state index contributed by atoms with van der Waals surface area (Å²) in [6.07, 6.45) is 3.56. The van der Waals surface area contributed by atoms with E-state index < -0.39 is 0 Å². The summed E-state index contributed by atoms with van der Waals surface area (Å²) in [5, 5.41) is 13.7. The van der Waals surface area contributed by atoms with Crippen LogP contribution >= 0.6 is 11.3 Å². The standard InChI is InChI=1S/C13H15N5O2S/c19-12-14-4-6-17(12)13(20)15-8-11(10-2-7-21-9-10)18-5-1-3-16-18/h1-3,5,7,9,11H,4,6,8H2,(H,14,19)(H,15,20). The fourth-order valence-corrected chi connectivity index (χ4v) is 2.95. The van der Waals surface area contributed by atoms with Gasteiger partial charge in [-0.25, -0.2) is 14.5 Å². The van der Waals surface area contributed by atoms with Crippen molar-refractivity contribution in [2.24, 2.45) is 0 Å². The predicted molar refractivity (Wildman–Crippen MR) is 78.2 cm³/mol. The summed E-state index contributed by atoms with van der Waals surface area (Å²) < 4.78 is 1.80. The van der Waals surface area contributed by atoms with Gasteiger partial charge in [-0.2, -0.15) is 16.4 Å². The molecular weight excluding hydrogens is 290 g/mol. The molecule has 1 unspecified atom stereocenters. The summed E-state index contributed by atoms with van der Waals surface area (Å²) in [6, 6.07) is 3.04. The van der Waals surface area contributed by atoms with Crippen molar-refractivity contribution >= 4 is 23.4 Å². The number of nitrogens with one attached hydrogen (secondary N) is 2. The number of imide groups is 1. The van der Waals surface area contributed by atoms with Crippen molar-refractivity contribution in [1.29, 1.82) is 0 Å². The molecule has 110 valence electrons. The lowest BCUT2D eigenvalue weighted by Gasteiger charge is -2.19. The molecular formula is C13H15N5O2S. The van der Waals surface area contributed by atoms with Gasteiger partial charge in [0.05, 0.1) is 6.04 Å². The molecule has 7 nitrogen and oxygen atoms in total. The zero-order valence-electron chi connectivity index (χ0n) is 11.2. The van der Waals surface area contributed by atoms with Crippen LogP contribution in [0.2, 0.25) is 0 Å². The lowest BCUT2D eigenvalue weighted by molar-refractivity contribution is 0.198. The Morgan fingerprint density at radius 3 is 3.10 bits per heavy atom. The first-order valence-electron chi connectivity index (χ1n) is 6.60. The van der Waals surface area contributed by atoms with E-state index in [-0.39, 0.29) is 18.1 Å². The number of urea groups is 2. The van der Waals surface area contributed by atoms with E-state index >= 15 is 0 Å². The summed E-state index contributed by atoms with van der Waals surface area (Å²) in [4.78, 5) is 24.7. The van der Waals surface area contributed by atoms with E-state index in [1.165, 1.54) is 4.90 Å². The molecule has 8 heteroatoms. The van der Waals surface area contributed by atoms with E-state index in [2.05, 4.69) is 15.7 Å². The minimum absolute atomic E-state index is 0.0825. The summed E-state index contributed by atoms with van der Waals surface area (Å²) in [6.45, 7) is 1.27. The average molecular weight is 305 g/mol. The number of carbonyl (C=O) groups is 2. The molecule has 4 amide bonds. The van der Waals surface area contributed by atoms with Gasteiger partial charge in [0.15, 0.2) is 0 Å². The molecule has 1 aliphatic heterocycles. The van der Waals surface area contributed by atoms with Crippen molar-refractivity contribution in [2.75, 3.05) is 19.6 Å². The highest BCUT2D eigenvalue weighted by molar-refractivity contribution is 7.07. The number of rotatable bonds is 4. The van der Waals surface area contributed by atoms with Gasteiger partial charge in [0.1, 0.15) is 0 Å². The number of hydrogen-bond donors (Lipinski definition) is 2. The first-order valence-corrected chi connectivity index (χ1v) is 7.54. The maximum atomic E-state index is 12.0. The Kier molecular flexibility index (Phi) is 3.87. The zero-order chi connectivity index (χ0) is 14.7. The predicted octanol–water partition coefficient (Wildman–Crippen LogP) is 1.27. The minimum Gasteiger partial charge on any atom is -0.336 e. The largest absolute Gasteiger partial charge is 0.336 e. The Bertz CT molecular complexity index is 576. The second-order valence-corrected chi connectivity index (χ2v) is 5.41. The Morgan fingerprint density at radius 1 is 1.57 bits per heavy atom. The molecule has 1 saturated heterocycles. The maximum Gasteiger partial charge on any atom is 0.325 e. The van der Waals surface area contributed by atoms with Crippen LogP contribution < -0.4 is 10.6 Å². The molecule has 1 atom stereocenters. The highest BCUT2D eigenvalue weighted by atomic mass is 32.1. The van der Waals surface area contributed by atoms with Gasteiger partial charge in [0.25, 0.3) is 0 Å². The van der Waals surface area contributed by atoms with Gasteiger partial charge in [0, 0.05) is 32.0 Å². The van der Waals surface area contributed by atoms with E-state index in [9.17, 15) is 9.59 Å². The molecule has 0 bridgehead atoms. The third-order valence-electron chi connectivity index (χ3n) is 3.32. The highest BCUT2D eigenvalue weighted by Gasteiger charge is 2.26. The van der Waals surface area contributed by atoms with Crippen LogP contribution in [0.15, 0.2) is 35.3 Å². The molecule has 2 aromatic rings. The van der Waals surface area contributed by atoms with E-state index in [0.717, 1.165) is 5.56 Å². The summed E-state index contributed by atoms with van der Waals surface area (Å²) in [7, 11) is 0. The van der Waals surface area contributed by atoms with Crippen LogP contribution in [0.1, 0.15) is 11.6 Å². The lowest BCUT2D eigenvalue weighted by Crippen LogP contribution is -2.43. The van der Waals surface area contributed by atoms with Crippen molar-refractivity contribution in [3.63, 3.8) is 0 Å². The fraction of sp³-hybridized carbons (Fsp3) is 0.308. The first-order chi connectivity index (χ1) is 10.3. The third kappa shape index (κ3) is 2.89.